The molecule has 1 N–H and O–H groups in total. The van der Waals surface area contributed by atoms with Crippen molar-refractivity contribution in [2.45, 2.75) is 18.9 Å². The van der Waals surface area contributed by atoms with Gasteiger partial charge in [-0.05, 0) is 24.3 Å². The normalized spacial score (nSPS) is 14.4. The molecule has 4 rings (SSSR count). The van der Waals surface area contributed by atoms with Crippen molar-refractivity contribution in [3.8, 4) is 17.7 Å². The minimum Gasteiger partial charge on any atom is -0.493 e. The van der Waals surface area contributed by atoms with E-state index in [1.54, 1.807) is 30.3 Å². The van der Waals surface area contributed by atoms with Gasteiger partial charge in [0.25, 0.3) is 0 Å². The van der Waals surface area contributed by atoms with Crippen LogP contribution in [0.2, 0.25) is 5.02 Å². The standard InChI is InChI=1S/C21H19ClFN5O2/c1-29-19-10-18-13(8-20(19)30-15-4-6-28(12-24)7-5-15)11-25-21(27-18)26-14-2-3-17(23)16(22)9-14/h2-3,8-11,15H,4-7H2,1H3,(H,25,26,27). The van der Waals surface area contributed by atoms with Crippen molar-refractivity contribution in [1.82, 2.24) is 14.9 Å². The monoisotopic (exact) mass is 427 g/mol. The summed E-state index contributed by atoms with van der Waals surface area (Å²) in [5.41, 5.74) is 1.25. The Kier molecular flexibility index (Phi) is 5.72. The fourth-order valence-corrected chi connectivity index (χ4v) is 3.49. The number of benzene rings is 2. The van der Waals surface area contributed by atoms with Gasteiger partial charge < -0.3 is 19.7 Å². The Morgan fingerprint density at radius 2 is 2.03 bits per heavy atom. The topological polar surface area (TPSA) is 83.3 Å². The molecule has 1 aliphatic rings. The van der Waals surface area contributed by atoms with Gasteiger partial charge in [0.2, 0.25) is 5.95 Å². The molecular formula is C21H19ClFN5O2. The molecule has 7 nitrogen and oxygen atoms in total. The van der Waals surface area contributed by atoms with Gasteiger partial charge in [-0.25, -0.2) is 14.4 Å². The van der Waals surface area contributed by atoms with E-state index >= 15 is 0 Å². The summed E-state index contributed by atoms with van der Waals surface area (Å²) in [6, 6.07) is 7.95. The number of halogens is 2. The number of methoxy groups -OCH3 is 1. The molecule has 0 amide bonds. The molecule has 1 aliphatic heterocycles. The summed E-state index contributed by atoms with van der Waals surface area (Å²) < 4.78 is 25.0. The lowest BCUT2D eigenvalue weighted by atomic mass is 10.1. The summed E-state index contributed by atoms with van der Waals surface area (Å²) in [5, 5.41) is 12.8. The van der Waals surface area contributed by atoms with Crippen LogP contribution in [0.4, 0.5) is 16.0 Å². The second-order valence-electron chi connectivity index (χ2n) is 6.91. The zero-order valence-electron chi connectivity index (χ0n) is 16.2. The van der Waals surface area contributed by atoms with Crippen molar-refractivity contribution in [3.05, 3.63) is 47.4 Å². The van der Waals surface area contributed by atoms with E-state index in [4.69, 9.17) is 26.3 Å². The number of nitrogens with one attached hydrogen (secondary N) is 1. The number of piperidine rings is 1. The number of hydrogen-bond donors (Lipinski definition) is 1. The first-order chi connectivity index (χ1) is 14.6. The van der Waals surface area contributed by atoms with Crippen molar-refractivity contribution >= 4 is 34.1 Å². The smallest absolute Gasteiger partial charge is 0.227 e. The van der Waals surface area contributed by atoms with Crippen molar-refractivity contribution < 1.29 is 13.9 Å². The number of aromatic nitrogens is 2. The Morgan fingerprint density at radius 1 is 1.23 bits per heavy atom. The Hall–Kier alpha value is -3.31. The van der Waals surface area contributed by atoms with Gasteiger partial charge in [-0.2, -0.15) is 5.26 Å². The second-order valence-corrected chi connectivity index (χ2v) is 7.32. The average Bonchev–Trinajstić information content (AvgIpc) is 2.76. The number of ether oxygens (including phenoxy) is 2. The van der Waals surface area contributed by atoms with Crippen LogP contribution in [0.5, 0.6) is 11.5 Å². The number of likely N-dealkylation sites (tertiary alicyclic amines) is 1. The summed E-state index contributed by atoms with van der Waals surface area (Å²) >= 11 is 5.82. The first kappa shape index (κ1) is 20.0. The van der Waals surface area contributed by atoms with Crippen LogP contribution in [-0.2, 0) is 0 Å². The Morgan fingerprint density at radius 3 is 2.73 bits per heavy atom. The lowest BCUT2D eigenvalue weighted by Crippen LogP contribution is -2.35. The van der Waals surface area contributed by atoms with Gasteiger partial charge in [0, 0.05) is 49.3 Å². The predicted octanol–water partition coefficient (Wildman–Crippen LogP) is 4.50. The van der Waals surface area contributed by atoms with Crippen LogP contribution in [0.1, 0.15) is 12.8 Å². The lowest BCUT2D eigenvalue weighted by molar-refractivity contribution is 0.123. The maximum atomic E-state index is 13.3. The number of rotatable bonds is 5. The molecular weight excluding hydrogens is 409 g/mol. The maximum absolute atomic E-state index is 13.3. The highest BCUT2D eigenvalue weighted by Crippen LogP contribution is 2.34. The van der Waals surface area contributed by atoms with E-state index in [9.17, 15) is 4.39 Å². The van der Waals surface area contributed by atoms with E-state index in [1.807, 2.05) is 6.07 Å². The molecule has 2 aromatic carbocycles. The molecule has 0 aliphatic carbocycles. The third-order valence-corrected chi connectivity index (χ3v) is 5.21. The molecule has 0 bridgehead atoms. The molecule has 0 spiro atoms. The van der Waals surface area contributed by atoms with E-state index in [0.29, 0.717) is 41.7 Å². The first-order valence-corrected chi connectivity index (χ1v) is 9.81. The SMILES string of the molecule is COc1cc2nc(Nc3ccc(F)c(Cl)c3)ncc2cc1OC1CCN(C#N)CC1. The van der Waals surface area contributed by atoms with Crippen molar-refractivity contribution in [2.75, 3.05) is 25.5 Å². The highest BCUT2D eigenvalue weighted by molar-refractivity contribution is 6.31. The van der Waals surface area contributed by atoms with Crippen LogP contribution in [0.3, 0.4) is 0 Å². The van der Waals surface area contributed by atoms with Crippen LogP contribution in [0, 0.1) is 17.3 Å². The molecule has 1 fully saturated rings. The average molecular weight is 428 g/mol. The van der Waals surface area contributed by atoms with Crippen molar-refractivity contribution in [2.24, 2.45) is 0 Å². The van der Waals surface area contributed by atoms with E-state index in [2.05, 4.69) is 21.5 Å². The highest BCUT2D eigenvalue weighted by Gasteiger charge is 2.21. The van der Waals surface area contributed by atoms with Crippen LogP contribution in [0.25, 0.3) is 10.9 Å². The van der Waals surface area contributed by atoms with Crippen molar-refractivity contribution in [1.29, 1.82) is 5.26 Å². The molecule has 3 aromatic rings. The molecule has 2 heterocycles. The fraction of sp³-hybridized carbons (Fsp3) is 0.286. The van der Waals surface area contributed by atoms with Gasteiger partial charge in [-0.3, -0.25) is 0 Å². The zero-order valence-corrected chi connectivity index (χ0v) is 17.0. The molecule has 0 saturated carbocycles. The minimum absolute atomic E-state index is 0.0184. The lowest BCUT2D eigenvalue weighted by Gasteiger charge is -2.29. The molecule has 1 aromatic heterocycles. The van der Waals surface area contributed by atoms with Gasteiger partial charge in [0.15, 0.2) is 17.7 Å². The largest absolute Gasteiger partial charge is 0.493 e. The quantitative estimate of drug-likeness (QED) is 0.600. The first-order valence-electron chi connectivity index (χ1n) is 9.44. The Labute approximate surface area is 178 Å². The van der Waals surface area contributed by atoms with E-state index in [1.165, 1.54) is 12.1 Å². The second kappa shape index (κ2) is 8.59. The number of nitriles is 1. The summed E-state index contributed by atoms with van der Waals surface area (Å²) in [6.45, 7) is 1.37. The van der Waals surface area contributed by atoms with Gasteiger partial charge in [0.1, 0.15) is 11.9 Å². The van der Waals surface area contributed by atoms with Crippen LogP contribution >= 0.6 is 11.6 Å². The molecule has 0 radical (unpaired) electrons. The molecule has 30 heavy (non-hydrogen) atoms. The van der Waals surface area contributed by atoms with E-state index in [-0.39, 0.29) is 11.1 Å². The summed E-state index contributed by atoms with van der Waals surface area (Å²) in [6.07, 6.45) is 5.41. The Bertz CT molecular complexity index is 1110. The predicted molar refractivity (Wildman–Crippen MR) is 112 cm³/mol. The third-order valence-electron chi connectivity index (χ3n) is 4.92. The molecule has 154 valence electrons. The minimum atomic E-state index is -0.489. The fourth-order valence-electron chi connectivity index (χ4n) is 3.31. The highest BCUT2D eigenvalue weighted by atomic mass is 35.5. The number of fused-ring (bicyclic) bond motifs is 1. The Balaban J connectivity index is 1.55. The van der Waals surface area contributed by atoms with Crippen LogP contribution < -0.4 is 14.8 Å². The molecule has 0 unspecified atom stereocenters. The van der Waals surface area contributed by atoms with Gasteiger partial charge >= 0.3 is 0 Å². The number of anilines is 2. The van der Waals surface area contributed by atoms with Crippen LogP contribution in [0.15, 0.2) is 36.5 Å². The zero-order chi connectivity index (χ0) is 21.1. The summed E-state index contributed by atoms with van der Waals surface area (Å²) in [4.78, 5) is 10.6. The summed E-state index contributed by atoms with van der Waals surface area (Å²) in [7, 11) is 1.58. The molecule has 0 atom stereocenters. The summed E-state index contributed by atoms with van der Waals surface area (Å²) in [5.74, 6) is 1.05. The van der Waals surface area contributed by atoms with Gasteiger partial charge in [0.05, 0.1) is 17.6 Å². The molecule has 1 saturated heterocycles. The third kappa shape index (κ3) is 4.31. The van der Waals surface area contributed by atoms with E-state index in [0.717, 1.165) is 18.2 Å². The van der Waals surface area contributed by atoms with E-state index < -0.39 is 5.82 Å². The maximum Gasteiger partial charge on any atom is 0.227 e. The van der Waals surface area contributed by atoms with Gasteiger partial charge in [-0.1, -0.05) is 11.6 Å². The number of hydrogen-bond acceptors (Lipinski definition) is 7. The van der Waals surface area contributed by atoms with Gasteiger partial charge in [-0.15, -0.1) is 0 Å². The number of nitrogens with zero attached hydrogens (tertiary/aromatic N) is 4. The van der Waals surface area contributed by atoms with Crippen molar-refractivity contribution in [3.63, 3.8) is 0 Å². The van der Waals surface area contributed by atoms with Crippen LogP contribution in [-0.4, -0.2) is 41.2 Å². The molecule has 9 heteroatoms.